The van der Waals surface area contributed by atoms with E-state index in [-0.39, 0.29) is 28.9 Å². The molecular weight excluding hydrogens is 631 g/mol. The lowest BCUT2D eigenvalue weighted by Crippen LogP contribution is -2.40. The van der Waals surface area contributed by atoms with Gasteiger partial charge in [0.2, 0.25) is 5.78 Å². The number of hydrogen-bond acceptors (Lipinski definition) is 7. The Morgan fingerprint density at radius 2 is 1.02 bits per heavy atom. The number of benzene rings is 4. The van der Waals surface area contributed by atoms with Gasteiger partial charge in [-0.1, -0.05) is 105 Å². The molecule has 0 N–H and O–H groups in total. The van der Waals surface area contributed by atoms with Crippen molar-refractivity contribution in [1.29, 1.82) is 0 Å². The summed E-state index contributed by atoms with van der Waals surface area (Å²) >= 11 is -1.41. The van der Waals surface area contributed by atoms with Gasteiger partial charge in [0, 0.05) is 48.3 Å². The van der Waals surface area contributed by atoms with E-state index >= 15 is 0 Å². The van der Waals surface area contributed by atoms with Crippen LogP contribution in [0.25, 0.3) is 0 Å². The summed E-state index contributed by atoms with van der Waals surface area (Å²) < 4.78 is 36.7. The third kappa shape index (κ3) is 10.5. The molecule has 0 saturated carbocycles. The van der Waals surface area contributed by atoms with E-state index in [1.807, 2.05) is 61.5 Å². The first-order chi connectivity index (χ1) is 22.1. The highest BCUT2D eigenvalue weighted by molar-refractivity contribution is 7.93. The number of sulfone groups is 1. The molecule has 3 unspecified atom stereocenters. The average molecular weight is 674 g/mol. The van der Waals surface area contributed by atoms with Gasteiger partial charge in [0.15, 0.2) is 31.0 Å². The summed E-state index contributed by atoms with van der Waals surface area (Å²) in [5.41, 5.74) is 2.62. The SMILES string of the molecule is CC(CS(=O)(=O)CC(C)C(=O)c1ccccc1)C(=O)c1ccccc1.CN(C)c1ccc([S+]([O-])C(C)(C)C(=O)c2ccccc2)cc1. The molecule has 0 spiro atoms. The molecule has 9 heteroatoms. The number of rotatable bonds is 13. The van der Waals surface area contributed by atoms with Crippen molar-refractivity contribution in [3.05, 3.63) is 132 Å². The third-order valence-corrected chi connectivity index (χ3v) is 11.5. The number of ketones is 3. The molecule has 4 rings (SSSR count). The number of hydrogen-bond donors (Lipinski definition) is 0. The van der Waals surface area contributed by atoms with E-state index < -0.39 is 37.6 Å². The summed E-state index contributed by atoms with van der Waals surface area (Å²) in [6, 6.07) is 33.8. The molecule has 7 nitrogen and oxygen atoms in total. The van der Waals surface area contributed by atoms with Crippen LogP contribution in [-0.4, -0.2) is 60.7 Å². The highest BCUT2D eigenvalue weighted by atomic mass is 32.2. The van der Waals surface area contributed by atoms with Crippen molar-refractivity contribution in [3.63, 3.8) is 0 Å². The van der Waals surface area contributed by atoms with Crippen LogP contribution in [0.1, 0.15) is 58.8 Å². The zero-order valence-electron chi connectivity index (χ0n) is 27.8. The lowest BCUT2D eigenvalue weighted by atomic mass is 10.0. The van der Waals surface area contributed by atoms with Crippen LogP contribution in [0.3, 0.4) is 0 Å². The largest absolute Gasteiger partial charge is 0.611 e. The van der Waals surface area contributed by atoms with Gasteiger partial charge in [-0.2, -0.15) is 0 Å². The minimum absolute atomic E-state index is 0.108. The average Bonchev–Trinajstić information content (AvgIpc) is 3.07. The second kappa shape index (κ2) is 16.7. The molecule has 0 radical (unpaired) electrons. The number of anilines is 1. The third-order valence-electron chi connectivity index (χ3n) is 7.63. The molecule has 0 aliphatic heterocycles. The molecule has 0 aliphatic carbocycles. The van der Waals surface area contributed by atoms with Crippen LogP contribution < -0.4 is 4.90 Å². The molecule has 0 bridgehead atoms. The van der Waals surface area contributed by atoms with E-state index in [1.54, 1.807) is 100 Å². The molecule has 0 fully saturated rings. The first kappa shape index (κ1) is 37.4. The monoisotopic (exact) mass is 673 g/mol. The summed E-state index contributed by atoms with van der Waals surface area (Å²) in [5.74, 6) is -2.32. The lowest BCUT2D eigenvalue weighted by molar-refractivity contribution is 0.0937. The predicted molar refractivity (Wildman–Crippen MR) is 191 cm³/mol. The first-order valence-corrected chi connectivity index (χ1v) is 18.3. The first-order valence-electron chi connectivity index (χ1n) is 15.3. The predicted octanol–water partition coefficient (Wildman–Crippen LogP) is 6.96. The van der Waals surface area contributed by atoms with Gasteiger partial charge in [0.25, 0.3) is 0 Å². The molecule has 4 aromatic rings. The minimum Gasteiger partial charge on any atom is -0.611 e. The quantitative estimate of drug-likeness (QED) is 0.111. The van der Waals surface area contributed by atoms with E-state index in [9.17, 15) is 27.4 Å². The van der Waals surface area contributed by atoms with Gasteiger partial charge in [-0.3, -0.25) is 14.4 Å². The van der Waals surface area contributed by atoms with Gasteiger partial charge < -0.3 is 9.45 Å². The van der Waals surface area contributed by atoms with Crippen LogP contribution in [0.2, 0.25) is 0 Å². The van der Waals surface area contributed by atoms with Crippen molar-refractivity contribution in [3.8, 4) is 0 Å². The van der Waals surface area contributed by atoms with Crippen LogP contribution in [0.5, 0.6) is 0 Å². The van der Waals surface area contributed by atoms with E-state index in [2.05, 4.69) is 0 Å². The summed E-state index contributed by atoms with van der Waals surface area (Å²) in [6.07, 6.45) is 0. The Labute approximate surface area is 282 Å². The van der Waals surface area contributed by atoms with E-state index in [0.717, 1.165) is 5.69 Å². The van der Waals surface area contributed by atoms with Crippen LogP contribution in [-0.2, 0) is 21.0 Å². The Kier molecular flexibility index (Phi) is 13.3. The summed E-state index contributed by atoms with van der Waals surface area (Å²) in [6.45, 7) is 6.68. The van der Waals surface area contributed by atoms with Gasteiger partial charge in [-0.05, 0) is 49.3 Å². The Hall–Kier alpha value is -4.05. The van der Waals surface area contributed by atoms with Crippen LogP contribution in [0.4, 0.5) is 5.69 Å². The fourth-order valence-corrected chi connectivity index (χ4v) is 8.16. The second-order valence-electron chi connectivity index (χ2n) is 12.2. The van der Waals surface area contributed by atoms with Crippen molar-refractivity contribution in [2.45, 2.75) is 37.3 Å². The van der Waals surface area contributed by atoms with Gasteiger partial charge in [0.1, 0.15) is 0 Å². The molecule has 0 aliphatic rings. The summed E-state index contributed by atoms with van der Waals surface area (Å²) in [7, 11) is 0.379. The van der Waals surface area contributed by atoms with Crippen LogP contribution >= 0.6 is 0 Å². The summed E-state index contributed by atoms with van der Waals surface area (Å²) in [4.78, 5) is 40.0. The van der Waals surface area contributed by atoms with Gasteiger partial charge in [-0.15, -0.1) is 0 Å². The number of nitrogens with zero attached hydrogens (tertiary/aromatic N) is 1. The fraction of sp³-hybridized carbons (Fsp3) is 0.289. The molecule has 3 atom stereocenters. The number of carbonyl (C=O) groups excluding carboxylic acids is 3. The molecule has 0 saturated heterocycles. The van der Waals surface area contributed by atoms with Crippen molar-refractivity contribution < 1.29 is 27.4 Å². The maximum absolute atomic E-state index is 12.8. The number of carbonyl (C=O) groups is 3. The summed E-state index contributed by atoms with van der Waals surface area (Å²) in [5, 5.41) is 0. The van der Waals surface area contributed by atoms with Crippen molar-refractivity contribution in [1.82, 2.24) is 0 Å². The van der Waals surface area contributed by atoms with Gasteiger partial charge >= 0.3 is 0 Å². The Bertz CT molecular complexity index is 1660. The lowest BCUT2D eigenvalue weighted by Gasteiger charge is -2.27. The van der Waals surface area contributed by atoms with Crippen LogP contribution in [0.15, 0.2) is 120 Å². The Balaban J connectivity index is 0.000000257. The molecule has 0 amide bonds. The molecule has 0 aromatic heterocycles. The normalized spacial score (nSPS) is 13.3. The smallest absolute Gasteiger partial charge is 0.217 e. The molecule has 4 aromatic carbocycles. The molecule has 0 heterocycles. The zero-order chi connectivity index (χ0) is 34.8. The maximum atomic E-state index is 12.8. The topological polar surface area (TPSA) is 112 Å². The molecule has 248 valence electrons. The minimum atomic E-state index is -3.53. The van der Waals surface area contributed by atoms with Crippen molar-refractivity contribution >= 4 is 44.1 Å². The van der Waals surface area contributed by atoms with Gasteiger partial charge in [0.05, 0.1) is 11.5 Å². The van der Waals surface area contributed by atoms with Crippen molar-refractivity contribution in [2.24, 2.45) is 11.8 Å². The zero-order valence-corrected chi connectivity index (χ0v) is 29.4. The standard InChI is InChI=1S/C20H22O4S.C18H21NO2S/c1-15(19(21)17-9-5-3-6-10-17)13-25(23,24)14-16(2)20(22)18-11-7-4-8-12-18;1-18(2,17(20)14-8-6-5-7-9-14)22(21)16-12-10-15(11-13-16)19(3)4/h3-12,15-16H,13-14H2,1-2H3;5-13H,1-4H3. The molecular formula is C38H43NO6S2. The fourth-order valence-electron chi connectivity index (χ4n) is 4.94. The van der Waals surface area contributed by atoms with E-state index in [1.165, 1.54) is 0 Å². The maximum Gasteiger partial charge on any atom is 0.217 e. The number of Topliss-reactive ketones (excluding diaryl/α,β-unsaturated/α-hetero) is 3. The van der Waals surface area contributed by atoms with E-state index in [0.29, 0.717) is 21.6 Å². The van der Waals surface area contributed by atoms with Crippen molar-refractivity contribution in [2.75, 3.05) is 30.5 Å². The van der Waals surface area contributed by atoms with E-state index in [4.69, 9.17) is 0 Å². The second-order valence-corrected chi connectivity index (χ2v) is 16.4. The highest BCUT2D eigenvalue weighted by Gasteiger charge is 2.41. The van der Waals surface area contributed by atoms with Crippen LogP contribution in [0, 0.1) is 11.8 Å². The Morgan fingerprint density at radius 1 is 0.660 bits per heavy atom. The van der Waals surface area contributed by atoms with Gasteiger partial charge in [-0.25, -0.2) is 8.42 Å². The molecule has 47 heavy (non-hydrogen) atoms. The highest BCUT2D eigenvalue weighted by Crippen LogP contribution is 2.30. The Morgan fingerprint density at radius 3 is 1.38 bits per heavy atom.